The lowest BCUT2D eigenvalue weighted by Crippen LogP contribution is -2.37. The van der Waals surface area contributed by atoms with Gasteiger partial charge >= 0.3 is 0 Å². The minimum Gasteiger partial charge on any atom is -0.337 e. The molecule has 22 heavy (non-hydrogen) atoms. The first-order chi connectivity index (χ1) is 10.6. The number of aromatic nitrogens is 3. The van der Waals surface area contributed by atoms with Crippen LogP contribution in [0, 0.1) is 0 Å². The molecule has 6 heteroatoms. The van der Waals surface area contributed by atoms with Crippen LogP contribution in [0.4, 0.5) is 0 Å². The van der Waals surface area contributed by atoms with Gasteiger partial charge < -0.3 is 4.90 Å². The minimum atomic E-state index is 0.149. The zero-order valence-electron chi connectivity index (χ0n) is 12.9. The second-order valence-electron chi connectivity index (χ2n) is 5.78. The summed E-state index contributed by atoms with van der Waals surface area (Å²) in [5, 5.41) is 7.71. The third-order valence-electron chi connectivity index (χ3n) is 3.84. The average Bonchev–Trinajstić information content (AvgIpc) is 3.01. The van der Waals surface area contributed by atoms with Crippen molar-refractivity contribution in [2.75, 3.05) is 12.3 Å². The zero-order valence-corrected chi connectivity index (χ0v) is 13.7. The molecule has 0 aliphatic carbocycles. The SMILES string of the molecule is CC(C)c1nc(SCC(=O)N2CCc3ccccc3C2)n[nH]1. The molecule has 0 spiro atoms. The van der Waals surface area contributed by atoms with Gasteiger partial charge in [-0.2, -0.15) is 0 Å². The van der Waals surface area contributed by atoms with E-state index >= 15 is 0 Å². The summed E-state index contributed by atoms with van der Waals surface area (Å²) < 4.78 is 0. The van der Waals surface area contributed by atoms with Crippen LogP contribution in [0.5, 0.6) is 0 Å². The van der Waals surface area contributed by atoms with Gasteiger partial charge in [-0.1, -0.05) is 49.9 Å². The Kier molecular flexibility index (Phi) is 4.47. The zero-order chi connectivity index (χ0) is 15.5. The van der Waals surface area contributed by atoms with Crippen LogP contribution in [-0.2, 0) is 17.8 Å². The van der Waals surface area contributed by atoms with Crippen molar-refractivity contribution in [2.24, 2.45) is 0 Å². The maximum Gasteiger partial charge on any atom is 0.233 e. The normalized spacial score (nSPS) is 14.2. The number of aromatic amines is 1. The standard InChI is InChI=1S/C16H20N4OS/c1-11(2)15-17-16(19-18-15)22-10-14(21)20-8-7-12-5-3-4-6-13(12)9-20/h3-6,11H,7-10H2,1-2H3,(H,17,18,19). The van der Waals surface area contributed by atoms with Gasteiger partial charge in [-0.25, -0.2) is 4.98 Å². The van der Waals surface area contributed by atoms with Crippen LogP contribution < -0.4 is 0 Å². The Labute approximate surface area is 134 Å². The van der Waals surface area contributed by atoms with Gasteiger partial charge in [0.2, 0.25) is 11.1 Å². The van der Waals surface area contributed by atoms with E-state index in [4.69, 9.17) is 0 Å². The number of fused-ring (bicyclic) bond motifs is 1. The van der Waals surface area contributed by atoms with E-state index < -0.39 is 0 Å². The van der Waals surface area contributed by atoms with Crippen LogP contribution in [0.15, 0.2) is 29.4 Å². The summed E-state index contributed by atoms with van der Waals surface area (Å²) in [6.07, 6.45) is 0.935. The number of nitrogens with one attached hydrogen (secondary N) is 1. The second-order valence-corrected chi connectivity index (χ2v) is 6.72. The largest absolute Gasteiger partial charge is 0.337 e. The number of carbonyl (C=O) groups excluding carboxylic acids is 1. The van der Waals surface area contributed by atoms with Gasteiger partial charge in [-0.05, 0) is 17.5 Å². The molecule has 1 amide bonds. The fourth-order valence-electron chi connectivity index (χ4n) is 2.51. The highest BCUT2D eigenvalue weighted by atomic mass is 32.2. The van der Waals surface area contributed by atoms with Crippen molar-refractivity contribution in [3.63, 3.8) is 0 Å². The van der Waals surface area contributed by atoms with Crippen molar-refractivity contribution in [2.45, 2.75) is 37.9 Å². The summed E-state index contributed by atoms with van der Waals surface area (Å²) in [4.78, 5) is 18.7. The van der Waals surface area contributed by atoms with Crippen LogP contribution in [0.1, 0.15) is 36.7 Å². The predicted octanol–water partition coefficient (Wildman–Crippen LogP) is 2.61. The monoisotopic (exact) mass is 316 g/mol. The number of benzene rings is 1. The van der Waals surface area contributed by atoms with Crippen molar-refractivity contribution >= 4 is 17.7 Å². The summed E-state index contributed by atoms with van der Waals surface area (Å²) in [6.45, 7) is 5.62. The van der Waals surface area contributed by atoms with Gasteiger partial charge in [0, 0.05) is 19.0 Å². The van der Waals surface area contributed by atoms with Gasteiger partial charge in [0.25, 0.3) is 0 Å². The van der Waals surface area contributed by atoms with Gasteiger partial charge in [-0.3, -0.25) is 9.89 Å². The minimum absolute atomic E-state index is 0.149. The molecule has 0 saturated carbocycles. The lowest BCUT2D eigenvalue weighted by atomic mass is 10.00. The molecule has 2 heterocycles. The molecule has 0 fully saturated rings. The maximum absolute atomic E-state index is 12.4. The molecule has 0 atom stereocenters. The number of thioether (sulfide) groups is 1. The first kappa shape index (κ1) is 15.1. The van der Waals surface area contributed by atoms with E-state index in [1.807, 2.05) is 11.0 Å². The fraction of sp³-hybridized carbons (Fsp3) is 0.438. The van der Waals surface area contributed by atoms with E-state index in [-0.39, 0.29) is 5.91 Å². The van der Waals surface area contributed by atoms with E-state index in [1.54, 1.807) is 0 Å². The quantitative estimate of drug-likeness (QED) is 0.881. The highest BCUT2D eigenvalue weighted by Crippen LogP contribution is 2.21. The molecule has 2 aromatic rings. The molecule has 0 radical (unpaired) electrons. The van der Waals surface area contributed by atoms with Crippen LogP contribution in [0.25, 0.3) is 0 Å². The third kappa shape index (κ3) is 3.32. The number of H-pyrrole nitrogens is 1. The summed E-state index contributed by atoms with van der Waals surface area (Å²) in [5.41, 5.74) is 2.61. The molecular formula is C16H20N4OS. The molecular weight excluding hydrogens is 296 g/mol. The fourth-order valence-corrected chi connectivity index (χ4v) is 3.22. The maximum atomic E-state index is 12.4. The molecule has 0 unspecified atom stereocenters. The number of hydrogen-bond acceptors (Lipinski definition) is 4. The molecule has 3 rings (SSSR count). The van der Waals surface area contributed by atoms with Crippen molar-refractivity contribution in [1.29, 1.82) is 0 Å². The van der Waals surface area contributed by atoms with Crippen LogP contribution >= 0.6 is 11.8 Å². The Hall–Kier alpha value is -1.82. The summed E-state index contributed by atoms with van der Waals surface area (Å²) in [5.74, 6) is 1.71. The van der Waals surface area contributed by atoms with Crippen LogP contribution in [-0.4, -0.2) is 38.3 Å². The second kappa shape index (κ2) is 6.52. The predicted molar refractivity (Wildman–Crippen MR) is 86.8 cm³/mol. The lowest BCUT2D eigenvalue weighted by molar-refractivity contribution is -0.129. The van der Waals surface area contributed by atoms with Crippen LogP contribution in [0.2, 0.25) is 0 Å². The molecule has 0 bridgehead atoms. The molecule has 116 valence electrons. The first-order valence-corrected chi connectivity index (χ1v) is 8.51. The van der Waals surface area contributed by atoms with Crippen molar-refractivity contribution in [3.05, 3.63) is 41.2 Å². The Morgan fingerprint density at radius 3 is 2.86 bits per heavy atom. The van der Waals surface area contributed by atoms with Crippen molar-refractivity contribution in [3.8, 4) is 0 Å². The molecule has 1 aromatic heterocycles. The van der Waals surface area contributed by atoms with Gasteiger partial charge in [-0.15, -0.1) is 5.10 Å². The number of hydrogen-bond donors (Lipinski definition) is 1. The summed E-state index contributed by atoms with van der Waals surface area (Å²) in [6, 6.07) is 8.34. The number of rotatable bonds is 4. The average molecular weight is 316 g/mol. The smallest absolute Gasteiger partial charge is 0.233 e. The number of carbonyl (C=O) groups is 1. The molecule has 5 nitrogen and oxygen atoms in total. The lowest BCUT2D eigenvalue weighted by Gasteiger charge is -2.28. The molecule has 1 aliphatic rings. The van der Waals surface area contributed by atoms with E-state index in [1.165, 1.54) is 22.9 Å². The van der Waals surface area contributed by atoms with E-state index in [0.717, 1.165) is 18.8 Å². The van der Waals surface area contributed by atoms with Gasteiger partial charge in [0.05, 0.1) is 5.75 Å². The molecule has 1 aromatic carbocycles. The Balaban J connectivity index is 1.56. The van der Waals surface area contributed by atoms with Crippen LogP contribution in [0.3, 0.4) is 0 Å². The Morgan fingerprint density at radius 1 is 1.36 bits per heavy atom. The molecule has 1 N–H and O–H groups in total. The Morgan fingerprint density at radius 2 is 2.14 bits per heavy atom. The summed E-state index contributed by atoms with van der Waals surface area (Å²) in [7, 11) is 0. The Bertz CT molecular complexity index is 668. The van der Waals surface area contributed by atoms with Gasteiger partial charge in [0.15, 0.2) is 0 Å². The van der Waals surface area contributed by atoms with Crippen molar-refractivity contribution in [1.82, 2.24) is 20.1 Å². The third-order valence-corrected chi connectivity index (χ3v) is 4.67. The van der Waals surface area contributed by atoms with E-state index in [2.05, 4.69) is 47.2 Å². The van der Waals surface area contributed by atoms with E-state index in [0.29, 0.717) is 23.4 Å². The highest BCUT2D eigenvalue weighted by Gasteiger charge is 2.20. The summed E-state index contributed by atoms with van der Waals surface area (Å²) >= 11 is 1.40. The molecule has 1 aliphatic heterocycles. The van der Waals surface area contributed by atoms with E-state index in [9.17, 15) is 4.79 Å². The highest BCUT2D eigenvalue weighted by molar-refractivity contribution is 7.99. The van der Waals surface area contributed by atoms with Gasteiger partial charge in [0.1, 0.15) is 5.82 Å². The first-order valence-electron chi connectivity index (χ1n) is 7.53. The number of nitrogens with zero attached hydrogens (tertiary/aromatic N) is 3. The molecule has 0 saturated heterocycles. The number of amides is 1. The van der Waals surface area contributed by atoms with Crippen molar-refractivity contribution < 1.29 is 4.79 Å². The topological polar surface area (TPSA) is 61.9 Å².